The maximum atomic E-state index is 12.4. The predicted molar refractivity (Wildman–Crippen MR) is 96.4 cm³/mol. The van der Waals surface area contributed by atoms with E-state index in [1.807, 2.05) is 6.26 Å². The fourth-order valence-electron chi connectivity index (χ4n) is 2.17. The molecule has 0 radical (unpaired) electrons. The fraction of sp³-hybridized carbons (Fsp3) is 0.857. The van der Waals surface area contributed by atoms with Crippen molar-refractivity contribution < 1.29 is 22.7 Å². The molecule has 0 aromatic heterocycles. The zero-order chi connectivity index (χ0) is 18.5. The molecule has 1 rings (SSSR count). The van der Waals surface area contributed by atoms with Crippen LogP contribution < -0.4 is 10.6 Å². The number of alkyl halides is 1. The van der Waals surface area contributed by atoms with Gasteiger partial charge in [0.05, 0.1) is 22.9 Å². The minimum absolute atomic E-state index is 0.158. The molecule has 2 N–H and O–H groups in total. The average molecular weight is 401 g/mol. The summed E-state index contributed by atoms with van der Waals surface area (Å²) in [4.78, 5) is 24.3. The lowest BCUT2D eigenvalue weighted by molar-refractivity contribution is -0.123. The van der Waals surface area contributed by atoms with E-state index in [0.29, 0.717) is 12.2 Å². The highest BCUT2D eigenvalue weighted by atomic mass is 35.5. The zero-order valence-corrected chi connectivity index (χ0v) is 16.7. The minimum Gasteiger partial charge on any atom is -0.444 e. The summed E-state index contributed by atoms with van der Waals surface area (Å²) >= 11 is 7.54. The van der Waals surface area contributed by atoms with Crippen molar-refractivity contribution in [3.63, 3.8) is 0 Å². The third kappa shape index (κ3) is 7.48. The predicted octanol–water partition coefficient (Wildman–Crippen LogP) is 1.15. The second-order valence-corrected chi connectivity index (χ2v) is 10.4. The van der Waals surface area contributed by atoms with Crippen LogP contribution in [0.2, 0.25) is 0 Å². The summed E-state index contributed by atoms with van der Waals surface area (Å²) in [6.07, 6.45) is 1.60. The van der Waals surface area contributed by atoms with Gasteiger partial charge in [-0.1, -0.05) is 0 Å². The van der Waals surface area contributed by atoms with Gasteiger partial charge in [0, 0.05) is 0 Å². The Labute approximate surface area is 152 Å². The van der Waals surface area contributed by atoms with Crippen LogP contribution in [0.3, 0.4) is 0 Å². The molecule has 1 fully saturated rings. The molecule has 24 heavy (non-hydrogen) atoms. The van der Waals surface area contributed by atoms with E-state index >= 15 is 0 Å². The van der Waals surface area contributed by atoms with Crippen molar-refractivity contribution in [2.75, 3.05) is 23.5 Å². The number of carbonyl (C=O) groups is 2. The van der Waals surface area contributed by atoms with Crippen molar-refractivity contribution in [2.45, 2.75) is 50.3 Å². The number of ether oxygens (including phenoxy) is 1. The van der Waals surface area contributed by atoms with Crippen LogP contribution in [-0.2, 0) is 19.4 Å². The summed E-state index contributed by atoms with van der Waals surface area (Å²) in [5.74, 6) is -0.146. The van der Waals surface area contributed by atoms with E-state index < -0.39 is 44.9 Å². The van der Waals surface area contributed by atoms with Gasteiger partial charge in [0.25, 0.3) is 0 Å². The molecule has 2 amide bonds. The van der Waals surface area contributed by atoms with E-state index in [9.17, 15) is 18.0 Å². The molecule has 7 nitrogen and oxygen atoms in total. The van der Waals surface area contributed by atoms with Crippen molar-refractivity contribution in [2.24, 2.45) is 0 Å². The Morgan fingerprint density at radius 1 is 1.33 bits per heavy atom. The molecule has 1 saturated heterocycles. The molecule has 3 atom stereocenters. The number of hydrogen-bond acceptors (Lipinski definition) is 6. The van der Waals surface area contributed by atoms with Gasteiger partial charge in [-0.25, -0.2) is 13.2 Å². The van der Waals surface area contributed by atoms with Crippen LogP contribution in [0, 0.1) is 0 Å². The first kappa shape index (κ1) is 21.4. The molecule has 0 spiro atoms. The molecule has 1 aliphatic rings. The number of halogens is 1. The summed E-state index contributed by atoms with van der Waals surface area (Å²) in [6, 6.07) is -1.46. The zero-order valence-electron chi connectivity index (χ0n) is 14.3. The van der Waals surface area contributed by atoms with Crippen LogP contribution in [0.4, 0.5) is 4.79 Å². The second kappa shape index (κ2) is 8.62. The number of nitrogens with one attached hydrogen (secondary N) is 2. The number of amides is 2. The largest absolute Gasteiger partial charge is 0.444 e. The molecule has 140 valence electrons. The highest BCUT2D eigenvalue weighted by Gasteiger charge is 2.38. The van der Waals surface area contributed by atoms with Crippen LogP contribution in [0.15, 0.2) is 0 Å². The lowest BCUT2D eigenvalue weighted by Crippen LogP contribution is -2.52. The number of carbonyl (C=O) groups excluding carboxylic acids is 2. The van der Waals surface area contributed by atoms with Crippen LogP contribution in [0.5, 0.6) is 0 Å². The highest BCUT2D eigenvalue weighted by Crippen LogP contribution is 2.18. The Balaban J connectivity index is 2.69. The summed E-state index contributed by atoms with van der Waals surface area (Å²) in [5.41, 5.74) is -0.675. The van der Waals surface area contributed by atoms with Gasteiger partial charge >= 0.3 is 6.09 Å². The molecular formula is C14H25ClN2O5S2. The SMILES string of the molecule is CSCC[C@H](NC(=O)OC(C)(C)C)C(=O)N[C@H]1CS(=O)(=O)C[C@H]1Cl. The van der Waals surface area contributed by atoms with E-state index in [1.165, 1.54) is 11.8 Å². The number of hydrogen-bond donors (Lipinski definition) is 2. The Morgan fingerprint density at radius 2 is 1.96 bits per heavy atom. The Morgan fingerprint density at radius 3 is 2.42 bits per heavy atom. The summed E-state index contributed by atoms with van der Waals surface area (Å²) in [7, 11) is -3.24. The van der Waals surface area contributed by atoms with E-state index in [1.54, 1.807) is 20.8 Å². The molecule has 10 heteroatoms. The third-order valence-corrected chi connectivity index (χ3v) is 6.25. The number of rotatable bonds is 6. The fourth-order valence-corrected chi connectivity index (χ4v) is 5.20. The van der Waals surface area contributed by atoms with E-state index in [4.69, 9.17) is 16.3 Å². The molecule has 0 aliphatic carbocycles. The summed E-state index contributed by atoms with van der Waals surface area (Å²) < 4.78 is 28.3. The highest BCUT2D eigenvalue weighted by molar-refractivity contribution is 7.98. The monoisotopic (exact) mass is 400 g/mol. The lowest BCUT2D eigenvalue weighted by atomic mass is 10.1. The van der Waals surface area contributed by atoms with Crippen molar-refractivity contribution >= 4 is 45.2 Å². The first-order valence-electron chi connectivity index (χ1n) is 7.57. The van der Waals surface area contributed by atoms with Crippen LogP contribution in [-0.4, -0.2) is 67.0 Å². The van der Waals surface area contributed by atoms with Crippen molar-refractivity contribution in [3.05, 3.63) is 0 Å². The maximum absolute atomic E-state index is 12.4. The van der Waals surface area contributed by atoms with E-state index in [2.05, 4.69) is 10.6 Å². The van der Waals surface area contributed by atoms with Gasteiger partial charge in [-0.3, -0.25) is 4.79 Å². The minimum atomic E-state index is -3.24. The van der Waals surface area contributed by atoms with E-state index in [-0.39, 0.29) is 11.5 Å². The molecular weight excluding hydrogens is 376 g/mol. The van der Waals surface area contributed by atoms with Crippen LogP contribution >= 0.6 is 23.4 Å². The molecule has 1 heterocycles. The Hall–Kier alpha value is -0.670. The smallest absolute Gasteiger partial charge is 0.408 e. The van der Waals surface area contributed by atoms with Crippen molar-refractivity contribution in [3.8, 4) is 0 Å². The quantitative estimate of drug-likeness (QED) is 0.648. The maximum Gasteiger partial charge on any atom is 0.408 e. The number of sulfone groups is 1. The van der Waals surface area contributed by atoms with Gasteiger partial charge in [-0.2, -0.15) is 11.8 Å². The van der Waals surface area contributed by atoms with Gasteiger partial charge in [0.2, 0.25) is 5.91 Å². The first-order chi connectivity index (χ1) is 10.9. The molecule has 0 saturated carbocycles. The van der Waals surface area contributed by atoms with Crippen LogP contribution in [0.1, 0.15) is 27.2 Å². The first-order valence-corrected chi connectivity index (χ1v) is 11.2. The number of alkyl carbamates (subject to hydrolysis) is 1. The Bertz CT molecular complexity index is 562. The molecule has 0 aromatic carbocycles. The molecule has 0 aromatic rings. The normalized spacial score (nSPS) is 24.2. The van der Waals surface area contributed by atoms with Crippen molar-refractivity contribution in [1.82, 2.24) is 10.6 Å². The van der Waals surface area contributed by atoms with E-state index in [0.717, 1.165) is 0 Å². The standard InChI is InChI=1S/C14H25ClN2O5S2/c1-14(2,3)22-13(19)17-10(5-6-23-4)12(18)16-11-8-24(20,21)7-9(11)15/h9-11H,5-8H2,1-4H3,(H,16,18)(H,17,19)/t9-,10+,11+/m1/s1. The second-order valence-electron chi connectivity index (χ2n) is 6.69. The summed E-state index contributed by atoms with van der Waals surface area (Å²) in [6.45, 7) is 5.18. The molecule has 0 unspecified atom stereocenters. The Kier molecular flexibility index (Phi) is 7.68. The lowest BCUT2D eigenvalue weighted by Gasteiger charge is -2.24. The molecule has 0 bridgehead atoms. The van der Waals surface area contributed by atoms with Gasteiger partial charge in [-0.05, 0) is 39.2 Å². The summed E-state index contributed by atoms with van der Waals surface area (Å²) in [5, 5.41) is 4.51. The van der Waals surface area contributed by atoms with Crippen molar-refractivity contribution in [1.29, 1.82) is 0 Å². The third-order valence-electron chi connectivity index (χ3n) is 3.23. The van der Waals surface area contributed by atoms with Gasteiger partial charge in [0.1, 0.15) is 11.6 Å². The van der Waals surface area contributed by atoms with Gasteiger partial charge in [0.15, 0.2) is 9.84 Å². The van der Waals surface area contributed by atoms with Crippen LogP contribution in [0.25, 0.3) is 0 Å². The average Bonchev–Trinajstić information content (AvgIpc) is 2.64. The van der Waals surface area contributed by atoms with Gasteiger partial charge < -0.3 is 15.4 Å². The van der Waals surface area contributed by atoms with Gasteiger partial charge in [-0.15, -0.1) is 11.6 Å². The number of thioether (sulfide) groups is 1. The topological polar surface area (TPSA) is 102 Å². The molecule has 1 aliphatic heterocycles.